The van der Waals surface area contributed by atoms with E-state index >= 15 is 0 Å². The Morgan fingerprint density at radius 3 is 2.49 bits per heavy atom. The van der Waals surface area contributed by atoms with Crippen LogP contribution in [0.15, 0.2) is 59.5 Å². The lowest BCUT2D eigenvalue weighted by molar-refractivity contribution is -0.123. The summed E-state index contributed by atoms with van der Waals surface area (Å²) in [6, 6.07) is 16.6. The van der Waals surface area contributed by atoms with Crippen LogP contribution >= 0.6 is 35.0 Å². The first-order valence-corrected chi connectivity index (χ1v) is 13.0. The summed E-state index contributed by atoms with van der Waals surface area (Å²) in [4.78, 5) is 26.9. The van der Waals surface area contributed by atoms with E-state index in [9.17, 15) is 9.59 Å². The van der Waals surface area contributed by atoms with Crippen molar-refractivity contribution in [1.82, 2.24) is 4.90 Å². The number of ether oxygens (including phenoxy) is 3. The topological polar surface area (TPSA) is 65.1 Å². The Hall–Kier alpha value is -3.13. The summed E-state index contributed by atoms with van der Waals surface area (Å²) in [6.07, 6.45) is 1.61. The minimum absolute atomic E-state index is 0.147. The molecule has 0 unspecified atom stereocenters. The van der Waals surface area contributed by atoms with Crippen LogP contribution in [0, 0.1) is 13.8 Å². The van der Waals surface area contributed by atoms with Crippen molar-refractivity contribution >= 4 is 52.2 Å². The standard InChI is InChI=1S/C28H25Cl2NO5S/c1-17-8-9-18(2)23(12-17)35-11-10-31-27(32)25(37-28(31)33)15-19-13-22(30)26(24(14-19)34-3)36-16-20-6-4-5-7-21(20)29/h4-9,12-15H,10-11,16H2,1-3H3/b25-15-. The van der Waals surface area contributed by atoms with Crippen molar-refractivity contribution in [1.29, 1.82) is 0 Å². The van der Waals surface area contributed by atoms with E-state index in [0.29, 0.717) is 32.0 Å². The molecule has 1 saturated heterocycles. The fourth-order valence-corrected chi connectivity index (χ4v) is 5.01. The molecule has 6 nitrogen and oxygen atoms in total. The van der Waals surface area contributed by atoms with E-state index in [2.05, 4.69) is 0 Å². The van der Waals surface area contributed by atoms with Crippen molar-refractivity contribution in [2.45, 2.75) is 20.5 Å². The summed E-state index contributed by atoms with van der Waals surface area (Å²) in [7, 11) is 1.50. The Morgan fingerprint density at radius 1 is 0.946 bits per heavy atom. The molecule has 9 heteroatoms. The van der Waals surface area contributed by atoms with Gasteiger partial charge in [0.2, 0.25) is 0 Å². The van der Waals surface area contributed by atoms with E-state index in [4.69, 9.17) is 37.4 Å². The highest BCUT2D eigenvalue weighted by Crippen LogP contribution is 2.39. The van der Waals surface area contributed by atoms with E-state index in [1.807, 2.05) is 50.2 Å². The van der Waals surface area contributed by atoms with Crippen molar-refractivity contribution in [2.75, 3.05) is 20.3 Å². The Labute approximate surface area is 230 Å². The molecule has 37 heavy (non-hydrogen) atoms. The maximum absolute atomic E-state index is 12.9. The maximum Gasteiger partial charge on any atom is 0.293 e. The quantitative estimate of drug-likeness (QED) is 0.257. The molecule has 0 aliphatic carbocycles. The predicted molar refractivity (Wildman–Crippen MR) is 148 cm³/mol. The first-order valence-electron chi connectivity index (χ1n) is 11.5. The number of methoxy groups -OCH3 is 1. The van der Waals surface area contributed by atoms with Crippen LogP contribution in [0.3, 0.4) is 0 Å². The van der Waals surface area contributed by atoms with E-state index in [1.54, 1.807) is 24.3 Å². The second-order valence-corrected chi connectivity index (χ2v) is 10.2. The highest BCUT2D eigenvalue weighted by molar-refractivity contribution is 8.18. The van der Waals surface area contributed by atoms with Crippen LogP contribution < -0.4 is 14.2 Å². The van der Waals surface area contributed by atoms with Gasteiger partial charge < -0.3 is 14.2 Å². The van der Waals surface area contributed by atoms with Crippen LogP contribution in [0.2, 0.25) is 10.0 Å². The van der Waals surface area contributed by atoms with Gasteiger partial charge in [-0.3, -0.25) is 14.5 Å². The van der Waals surface area contributed by atoms with Crippen LogP contribution in [-0.4, -0.2) is 36.3 Å². The van der Waals surface area contributed by atoms with Crippen molar-refractivity contribution in [2.24, 2.45) is 0 Å². The third-order valence-corrected chi connectivity index (χ3v) is 7.23. The largest absolute Gasteiger partial charge is 0.493 e. The second kappa shape index (κ2) is 11.9. The molecule has 1 fully saturated rings. The lowest BCUT2D eigenvalue weighted by Gasteiger charge is -2.15. The third-order valence-electron chi connectivity index (χ3n) is 5.67. The van der Waals surface area contributed by atoms with Gasteiger partial charge in [-0.25, -0.2) is 0 Å². The summed E-state index contributed by atoms with van der Waals surface area (Å²) in [5.74, 6) is 1.11. The number of hydrogen-bond acceptors (Lipinski definition) is 6. The van der Waals surface area contributed by atoms with Crippen LogP contribution in [0.5, 0.6) is 17.2 Å². The molecule has 0 saturated carbocycles. The molecule has 0 spiro atoms. The van der Waals surface area contributed by atoms with Crippen LogP contribution in [0.1, 0.15) is 22.3 Å². The molecule has 3 aromatic rings. The second-order valence-electron chi connectivity index (χ2n) is 8.36. The molecule has 0 bridgehead atoms. The molecule has 0 N–H and O–H groups in total. The molecule has 0 radical (unpaired) electrons. The first kappa shape index (κ1) is 26.9. The summed E-state index contributed by atoms with van der Waals surface area (Å²) in [6.45, 7) is 4.48. The number of thioether (sulfide) groups is 1. The number of nitrogens with zero attached hydrogens (tertiary/aromatic N) is 1. The lowest BCUT2D eigenvalue weighted by atomic mass is 10.1. The predicted octanol–water partition coefficient (Wildman–Crippen LogP) is 7.31. The molecule has 3 aromatic carbocycles. The van der Waals surface area contributed by atoms with Crippen LogP contribution in [0.4, 0.5) is 4.79 Å². The zero-order valence-electron chi connectivity index (χ0n) is 20.5. The molecule has 192 valence electrons. The van der Waals surface area contributed by atoms with Crippen molar-refractivity contribution in [3.05, 3.63) is 91.8 Å². The first-order chi connectivity index (χ1) is 17.8. The van der Waals surface area contributed by atoms with E-state index in [-0.39, 0.29) is 30.9 Å². The average Bonchev–Trinajstić information content (AvgIpc) is 3.13. The van der Waals surface area contributed by atoms with Crippen molar-refractivity contribution < 1.29 is 23.8 Å². The number of rotatable bonds is 9. The van der Waals surface area contributed by atoms with Gasteiger partial charge in [0.25, 0.3) is 11.1 Å². The highest BCUT2D eigenvalue weighted by Gasteiger charge is 2.35. The molecule has 0 aromatic heterocycles. The minimum Gasteiger partial charge on any atom is -0.493 e. The number of benzene rings is 3. The van der Waals surface area contributed by atoms with Crippen molar-refractivity contribution in [3.8, 4) is 17.2 Å². The Kier molecular flexibility index (Phi) is 8.69. The van der Waals surface area contributed by atoms with Gasteiger partial charge in [-0.15, -0.1) is 0 Å². The zero-order valence-corrected chi connectivity index (χ0v) is 22.9. The molecule has 4 rings (SSSR count). The Balaban J connectivity index is 1.45. The molecular formula is C28H25Cl2NO5S. The zero-order chi connectivity index (χ0) is 26.5. The van der Waals surface area contributed by atoms with Gasteiger partial charge in [-0.2, -0.15) is 0 Å². The molecule has 1 aliphatic heterocycles. The van der Waals surface area contributed by atoms with Gasteiger partial charge in [0.15, 0.2) is 11.5 Å². The van der Waals surface area contributed by atoms with E-state index in [1.165, 1.54) is 12.0 Å². The number of halogens is 2. The Bertz CT molecular complexity index is 1370. The van der Waals surface area contributed by atoms with Gasteiger partial charge in [-0.1, -0.05) is 53.5 Å². The van der Waals surface area contributed by atoms with Crippen LogP contribution in [-0.2, 0) is 11.4 Å². The van der Waals surface area contributed by atoms with E-state index in [0.717, 1.165) is 34.2 Å². The maximum atomic E-state index is 12.9. The number of hydrogen-bond donors (Lipinski definition) is 0. The fraction of sp³-hybridized carbons (Fsp3) is 0.214. The average molecular weight is 558 g/mol. The summed E-state index contributed by atoms with van der Waals surface area (Å²) < 4.78 is 17.2. The summed E-state index contributed by atoms with van der Waals surface area (Å²) in [5, 5.41) is 0.543. The molecule has 0 atom stereocenters. The van der Waals surface area contributed by atoms with Gasteiger partial charge in [0, 0.05) is 10.6 Å². The number of aryl methyl sites for hydroxylation is 2. The Morgan fingerprint density at radius 2 is 1.73 bits per heavy atom. The highest BCUT2D eigenvalue weighted by atomic mass is 35.5. The number of imide groups is 1. The number of amides is 2. The fourth-order valence-electron chi connectivity index (χ4n) is 3.68. The molecule has 2 amide bonds. The van der Waals surface area contributed by atoms with E-state index < -0.39 is 0 Å². The van der Waals surface area contributed by atoms with Gasteiger partial charge in [0.1, 0.15) is 19.0 Å². The van der Waals surface area contributed by atoms with Crippen LogP contribution in [0.25, 0.3) is 6.08 Å². The van der Waals surface area contributed by atoms with Gasteiger partial charge >= 0.3 is 0 Å². The minimum atomic E-state index is -0.381. The summed E-state index contributed by atoms with van der Waals surface area (Å²) in [5.41, 5.74) is 3.47. The SMILES string of the molecule is COc1cc(/C=C2\SC(=O)N(CCOc3cc(C)ccc3C)C2=O)cc(Cl)c1OCc1ccccc1Cl. The molecule has 1 aliphatic rings. The molecular weight excluding hydrogens is 533 g/mol. The summed E-state index contributed by atoms with van der Waals surface area (Å²) >= 11 is 13.6. The third kappa shape index (κ3) is 6.42. The smallest absolute Gasteiger partial charge is 0.293 e. The monoisotopic (exact) mass is 557 g/mol. The normalized spacial score (nSPS) is 14.4. The number of carbonyl (C=O) groups is 2. The molecule has 1 heterocycles. The lowest BCUT2D eigenvalue weighted by Crippen LogP contribution is -2.32. The van der Waals surface area contributed by atoms with Gasteiger partial charge in [-0.05, 0) is 72.6 Å². The number of carbonyl (C=O) groups excluding carboxylic acids is 2. The van der Waals surface area contributed by atoms with Gasteiger partial charge in [0.05, 0.1) is 23.6 Å². The van der Waals surface area contributed by atoms with Crippen molar-refractivity contribution in [3.63, 3.8) is 0 Å².